The van der Waals surface area contributed by atoms with E-state index in [9.17, 15) is 9.18 Å². The highest BCUT2D eigenvalue weighted by atomic mass is 79.9. The van der Waals surface area contributed by atoms with Gasteiger partial charge in [-0.1, -0.05) is 6.07 Å². The third-order valence-electron chi connectivity index (χ3n) is 2.31. The zero-order chi connectivity index (χ0) is 12.4. The lowest BCUT2D eigenvalue weighted by atomic mass is 10.2. The predicted octanol–water partition coefficient (Wildman–Crippen LogP) is 4.21. The van der Waals surface area contributed by atoms with Gasteiger partial charge in [-0.3, -0.25) is 4.79 Å². The fraction of sp³-hybridized carbons (Fsp3) is 0.0833. The molecule has 0 atom stereocenters. The van der Waals surface area contributed by atoms with Crippen LogP contribution in [-0.2, 0) is 0 Å². The Labute approximate surface area is 111 Å². The van der Waals surface area contributed by atoms with E-state index in [4.69, 9.17) is 0 Å². The van der Waals surface area contributed by atoms with Crippen molar-refractivity contribution < 1.29 is 9.18 Å². The zero-order valence-corrected chi connectivity index (χ0v) is 11.4. The predicted molar refractivity (Wildman–Crippen MR) is 71.1 cm³/mol. The molecule has 1 amide bonds. The fourth-order valence-electron chi connectivity index (χ4n) is 1.36. The van der Waals surface area contributed by atoms with Crippen LogP contribution in [0.25, 0.3) is 0 Å². The molecule has 2 rings (SSSR count). The molecule has 0 saturated carbocycles. The van der Waals surface area contributed by atoms with Crippen LogP contribution in [0.3, 0.4) is 0 Å². The molecule has 1 N–H and O–H groups in total. The molecule has 0 saturated heterocycles. The number of halogens is 2. The van der Waals surface area contributed by atoms with Crippen LogP contribution in [0.15, 0.2) is 34.1 Å². The number of anilines is 1. The van der Waals surface area contributed by atoms with Crippen molar-refractivity contribution in [2.75, 3.05) is 5.32 Å². The number of carbonyl (C=O) groups excluding carboxylic acids is 1. The number of thiophene rings is 1. The van der Waals surface area contributed by atoms with Crippen LogP contribution >= 0.6 is 27.3 Å². The molecule has 2 nitrogen and oxygen atoms in total. The molecule has 0 radical (unpaired) electrons. The van der Waals surface area contributed by atoms with E-state index in [1.807, 2.05) is 0 Å². The molecule has 1 aromatic heterocycles. The van der Waals surface area contributed by atoms with Gasteiger partial charge < -0.3 is 5.32 Å². The highest BCUT2D eigenvalue weighted by Crippen LogP contribution is 2.24. The van der Waals surface area contributed by atoms with Crippen LogP contribution < -0.4 is 5.32 Å². The molecule has 0 aliphatic carbocycles. The van der Waals surface area contributed by atoms with Crippen molar-refractivity contribution in [2.24, 2.45) is 0 Å². The van der Waals surface area contributed by atoms with E-state index in [-0.39, 0.29) is 11.7 Å². The van der Waals surface area contributed by atoms with E-state index < -0.39 is 0 Å². The summed E-state index contributed by atoms with van der Waals surface area (Å²) in [5.41, 5.74) is 0.941. The Morgan fingerprint density at radius 3 is 2.76 bits per heavy atom. The molecule has 0 aliphatic heterocycles. The summed E-state index contributed by atoms with van der Waals surface area (Å²) in [6.07, 6.45) is 0. The van der Waals surface area contributed by atoms with Gasteiger partial charge in [-0.15, -0.1) is 11.3 Å². The van der Waals surface area contributed by atoms with Crippen molar-refractivity contribution in [3.63, 3.8) is 0 Å². The summed E-state index contributed by atoms with van der Waals surface area (Å²) in [5.74, 6) is -0.551. The highest BCUT2D eigenvalue weighted by molar-refractivity contribution is 9.11. The van der Waals surface area contributed by atoms with Gasteiger partial charge >= 0.3 is 0 Å². The lowest BCUT2D eigenvalue weighted by Gasteiger charge is -2.07. The van der Waals surface area contributed by atoms with Crippen LogP contribution in [0.5, 0.6) is 0 Å². The first-order valence-electron chi connectivity index (χ1n) is 4.90. The molecule has 17 heavy (non-hydrogen) atoms. The maximum atomic E-state index is 13.3. The van der Waals surface area contributed by atoms with E-state index in [0.29, 0.717) is 16.1 Å². The van der Waals surface area contributed by atoms with E-state index in [1.165, 1.54) is 17.4 Å². The number of rotatable bonds is 2. The Kier molecular flexibility index (Phi) is 3.59. The maximum Gasteiger partial charge on any atom is 0.265 e. The largest absolute Gasteiger partial charge is 0.321 e. The van der Waals surface area contributed by atoms with Crippen molar-refractivity contribution in [1.29, 1.82) is 0 Å². The van der Waals surface area contributed by atoms with Gasteiger partial charge in [0.05, 0.1) is 8.66 Å². The van der Waals surface area contributed by atoms with Gasteiger partial charge in [-0.2, -0.15) is 0 Å². The fourth-order valence-corrected chi connectivity index (χ4v) is 2.64. The summed E-state index contributed by atoms with van der Waals surface area (Å²) in [5, 5.41) is 2.69. The zero-order valence-electron chi connectivity index (χ0n) is 8.96. The Balaban J connectivity index is 2.21. The molecule has 5 heteroatoms. The Bertz CT molecular complexity index is 567. The summed E-state index contributed by atoms with van der Waals surface area (Å²) in [6.45, 7) is 1.63. The maximum absolute atomic E-state index is 13.3. The minimum atomic E-state index is -0.324. The molecular formula is C12H9BrFNOS. The second-order valence-electron chi connectivity index (χ2n) is 3.47. The molecule has 0 fully saturated rings. The van der Waals surface area contributed by atoms with Crippen molar-refractivity contribution >= 4 is 38.9 Å². The van der Waals surface area contributed by atoms with E-state index in [1.54, 1.807) is 31.2 Å². The van der Waals surface area contributed by atoms with Gasteiger partial charge in [-0.25, -0.2) is 4.39 Å². The number of amides is 1. The summed E-state index contributed by atoms with van der Waals surface area (Å²) in [7, 11) is 0. The van der Waals surface area contributed by atoms with Crippen LogP contribution in [0, 0.1) is 12.7 Å². The van der Waals surface area contributed by atoms with Crippen molar-refractivity contribution in [3.8, 4) is 0 Å². The van der Waals surface area contributed by atoms with Crippen molar-refractivity contribution in [3.05, 3.63) is 50.4 Å². The van der Waals surface area contributed by atoms with E-state index >= 15 is 0 Å². The van der Waals surface area contributed by atoms with Gasteiger partial charge in [0.2, 0.25) is 0 Å². The smallest absolute Gasteiger partial charge is 0.265 e. The van der Waals surface area contributed by atoms with Gasteiger partial charge in [-0.05, 0) is 47.1 Å². The normalized spacial score (nSPS) is 10.3. The first kappa shape index (κ1) is 12.3. The average Bonchev–Trinajstić information content (AvgIpc) is 2.72. The average molecular weight is 314 g/mol. The standard InChI is InChI=1S/C12H9BrFNOS/c1-7-8(14)3-2-4-9(7)15-12(16)10-5-6-11(13)17-10/h2-6H,1H3,(H,15,16). The van der Waals surface area contributed by atoms with Gasteiger partial charge in [0.25, 0.3) is 5.91 Å². The molecule has 0 spiro atoms. The summed E-state index contributed by atoms with van der Waals surface area (Å²) < 4.78 is 14.2. The first-order valence-corrected chi connectivity index (χ1v) is 6.50. The number of nitrogens with one attached hydrogen (secondary N) is 1. The van der Waals surface area contributed by atoms with Crippen LogP contribution in [0.2, 0.25) is 0 Å². The third-order valence-corrected chi connectivity index (χ3v) is 3.94. The van der Waals surface area contributed by atoms with Gasteiger partial charge in [0.1, 0.15) is 5.82 Å². The molecule has 0 aliphatic rings. The Hall–Kier alpha value is -1.20. The summed E-state index contributed by atoms with van der Waals surface area (Å²) in [4.78, 5) is 12.4. The highest BCUT2D eigenvalue weighted by Gasteiger charge is 2.11. The minimum Gasteiger partial charge on any atom is -0.321 e. The number of hydrogen-bond acceptors (Lipinski definition) is 2. The first-order chi connectivity index (χ1) is 8.08. The molecule has 0 unspecified atom stereocenters. The van der Waals surface area contributed by atoms with Crippen molar-refractivity contribution in [2.45, 2.75) is 6.92 Å². The molecule has 88 valence electrons. The summed E-state index contributed by atoms with van der Waals surface area (Å²) in [6, 6.07) is 8.14. The lowest BCUT2D eigenvalue weighted by molar-refractivity contribution is 0.103. The molecule has 0 bridgehead atoms. The minimum absolute atomic E-state index is 0.227. The number of benzene rings is 1. The molecule has 1 heterocycles. The quantitative estimate of drug-likeness (QED) is 0.884. The van der Waals surface area contributed by atoms with Crippen molar-refractivity contribution in [1.82, 2.24) is 0 Å². The number of carbonyl (C=O) groups is 1. The van der Waals surface area contributed by atoms with E-state index in [0.717, 1.165) is 3.79 Å². The van der Waals surface area contributed by atoms with E-state index in [2.05, 4.69) is 21.2 Å². The van der Waals surface area contributed by atoms with Crippen LogP contribution in [-0.4, -0.2) is 5.91 Å². The lowest BCUT2D eigenvalue weighted by Crippen LogP contribution is -2.11. The molecular weight excluding hydrogens is 305 g/mol. The van der Waals surface area contributed by atoms with Crippen LogP contribution in [0.1, 0.15) is 15.2 Å². The molecule has 1 aromatic carbocycles. The summed E-state index contributed by atoms with van der Waals surface area (Å²) >= 11 is 4.63. The Morgan fingerprint density at radius 1 is 1.35 bits per heavy atom. The van der Waals surface area contributed by atoms with Gasteiger partial charge in [0, 0.05) is 11.3 Å². The Morgan fingerprint density at radius 2 is 2.12 bits per heavy atom. The monoisotopic (exact) mass is 313 g/mol. The SMILES string of the molecule is Cc1c(F)cccc1NC(=O)c1ccc(Br)s1. The molecule has 2 aromatic rings. The van der Waals surface area contributed by atoms with Crippen LogP contribution in [0.4, 0.5) is 10.1 Å². The second-order valence-corrected chi connectivity index (χ2v) is 5.93. The number of hydrogen-bond donors (Lipinski definition) is 1. The van der Waals surface area contributed by atoms with Gasteiger partial charge in [0.15, 0.2) is 0 Å². The second kappa shape index (κ2) is 4.98. The third kappa shape index (κ3) is 2.73. The topological polar surface area (TPSA) is 29.1 Å².